The molecule has 2 saturated carbocycles. The van der Waals surface area contributed by atoms with Crippen LogP contribution in [0.4, 0.5) is 0 Å². The number of para-hydroxylation sites is 1. The van der Waals surface area contributed by atoms with E-state index >= 15 is 0 Å². The summed E-state index contributed by atoms with van der Waals surface area (Å²) in [7, 11) is 0. The molecule has 0 radical (unpaired) electrons. The van der Waals surface area contributed by atoms with Gasteiger partial charge in [0.25, 0.3) is 0 Å². The molecule has 4 atom stereocenters. The molecule has 98 valence electrons. The van der Waals surface area contributed by atoms with Gasteiger partial charge in [0.15, 0.2) is 11.5 Å². The molecule has 1 aromatic carbocycles. The molecule has 2 heteroatoms. The molecule has 0 saturated heterocycles. The zero-order valence-corrected chi connectivity index (χ0v) is 11.4. The van der Waals surface area contributed by atoms with Gasteiger partial charge in [-0.05, 0) is 48.0 Å². The van der Waals surface area contributed by atoms with E-state index in [0.29, 0.717) is 23.2 Å². The van der Waals surface area contributed by atoms with Crippen molar-refractivity contribution in [2.24, 2.45) is 23.2 Å². The summed E-state index contributed by atoms with van der Waals surface area (Å²) in [5.74, 6) is 2.62. The van der Waals surface area contributed by atoms with Crippen molar-refractivity contribution in [1.82, 2.24) is 0 Å². The van der Waals surface area contributed by atoms with E-state index in [2.05, 4.69) is 20.8 Å². The first-order chi connectivity index (χ1) is 8.43. The molecule has 2 aliphatic rings. The van der Waals surface area contributed by atoms with E-state index in [-0.39, 0.29) is 11.5 Å². The topological polar surface area (TPSA) is 40.5 Å². The van der Waals surface area contributed by atoms with Crippen molar-refractivity contribution in [3.05, 3.63) is 23.8 Å². The minimum Gasteiger partial charge on any atom is -0.504 e. The van der Waals surface area contributed by atoms with Crippen molar-refractivity contribution in [2.75, 3.05) is 0 Å². The molecule has 4 unspecified atom stereocenters. The SMILES string of the molecule is CC1C2CC(CC2c2cccc(O)c2O)C1(C)C. The summed E-state index contributed by atoms with van der Waals surface area (Å²) < 4.78 is 0. The van der Waals surface area contributed by atoms with Crippen LogP contribution in [0.3, 0.4) is 0 Å². The molecule has 0 heterocycles. The van der Waals surface area contributed by atoms with Gasteiger partial charge < -0.3 is 10.2 Å². The molecular weight excluding hydrogens is 224 g/mol. The fourth-order valence-corrected chi connectivity index (χ4v) is 4.36. The normalized spacial score (nSPS) is 37.1. The van der Waals surface area contributed by atoms with Gasteiger partial charge in [-0.2, -0.15) is 0 Å². The monoisotopic (exact) mass is 246 g/mol. The average molecular weight is 246 g/mol. The zero-order valence-electron chi connectivity index (χ0n) is 11.4. The summed E-state index contributed by atoms with van der Waals surface area (Å²) >= 11 is 0. The highest BCUT2D eigenvalue weighted by Crippen LogP contribution is 2.64. The zero-order chi connectivity index (χ0) is 13.1. The summed E-state index contributed by atoms with van der Waals surface area (Å²) in [5, 5.41) is 19.7. The first-order valence-electron chi connectivity index (χ1n) is 6.93. The van der Waals surface area contributed by atoms with Crippen molar-refractivity contribution in [3.8, 4) is 11.5 Å². The van der Waals surface area contributed by atoms with E-state index in [1.807, 2.05) is 12.1 Å². The number of benzene rings is 1. The molecule has 0 amide bonds. The van der Waals surface area contributed by atoms with Crippen LogP contribution in [0.2, 0.25) is 0 Å². The van der Waals surface area contributed by atoms with Gasteiger partial charge in [0.2, 0.25) is 0 Å². The van der Waals surface area contributed by atoms with Crippen LogP contribution >= 0.6 is 0 Å². The van der Waals surface area contributed by atoms with E-state index in [9.17, 15) is 10.2 Å². The van der Waals surface area contributed by atoms with Crippen LogP contribution in [0.25, 0.3) is 0 Å². The number of phenols is 2. The average Bonchev–Trinajstić information content (AvgIpc) is 2.83. The summed E-state index contributed by atoms with van der Waals surface area (Å²) in [6.07, 6.45) is 2.42. The largest absolute Gasteiger partial charge is 0.504 e. The summed E-state index contributed by atoms with van der Waals surface area (Å²) in [6, 6.07) is 5.37. The first kappa shape index (κ1) is 11.9. The molecule has 2 bridgehead atoms. The van der Waals surface area contributed by atoms with E-state index < -0.39 is 0 Å². The summed E-state index contributed by atoms with van der Waals surface area (Å²) in [5.41, 5.74) is 1.37. The van der Waals surface area contributed by atoms with E-state index in [1.54, 1.807) is 6.07 Å². The molecular formula is C16H22O2. The lowest BCUT2D eigenvalue weighted by Crippen LogP contribution is -2.32. The molecule has 3 rings (SSSR count). The van der Waals surface area contributed by atoms with Crippen LogP contribution in [0.1, 0.15) is 45.1 Å². The fourth-order valence-electron chi connectivity index (χ4n) is 4.36. The summed E-state index contributed by atoms with van der Waals surface area (Å²) in [4.78, 5) is 0. The second-order valence-corrected chi connectivity index (χ2v) is 6.76. The number of hydrogen-bond donors (Lipinski definition) is 2. The Kier molecular flexibility index (Phi) is 2.42. The predicted molar refractivity (Wildman–Crippen MR) is 71.7 cm³/mol. The van der Waals surface area contributed by atoms with Crippen LogP contribution in [0.15, 0.2) is 18.2 Å². The van der Waals surface area contributed by atoms with Crippen molar-refractivity contribution < 1.29 is 10.2 Å². The van der Waals surface area contributed by atoms with E-state index in [4.69, 9.17) is 0 Å². The van der Waals surface area contributed by atoms with Crippen LogP contribution < -0.4 is 0 Å². The molecule has 2 nitrogen and oxygen atoms in total. The fraction of sp³-hybridized carbons (Fsp3) is 0.625. The van der Waals surface area contributed by atoms with E-state index in [1.165, 1.54) is 6.42 Å². The highest BCUT2D eigenvalue weighted by Gasteiger charge is 2.55. The number of phenolic OH excluding ortho intramolecular Hbond substituents is 2. The number of aromatic hydroxyl groups is 2. The second kappa shape index (κ2) is 3.66. The minimum atomic E-state index is 0.0159. The third-order valence-electron chi connectivity index (χ3n) is 5.93. The van der Waals surface area contributed by atoms with Crippen molar-refractivity contribution in [3.63, 3.8) is 0 Å². The number of hydrogen-bond acceptors (Lipinski definition) is 2. The molecule has 0 aromatic heterocycles. The molecule has 0 spiro atoms. The smallest absolute Gasteiger partial charge is 0.160 e. The van der Waals surface area contributed by atoms with E-state index in [0.717, 1.165) is 17.9 Å². The predicted octanol–water partition coefficient (Wildman–Crippen LogP) is 3.88. The van der Waals surface area contributed by atoms with Crippen molar-refractivity contribution in [2.45, 2.75) is 39.5 Å². The van der Waals surface area contributed by atoms with Gasteiger partial charge in [0, 0.05) is 5.56 Å². The highest BCUT2D eigenvalue weighted by molar-refractivity contribution is 5.47. The van der Waals surface area contributed by atoms with Crippen molar-refractivity contribution >= 4 is 0 Å². The Morgan fingerprint density at radius 1 is 1.17 bits per heavy atom. The lowest BCUT2D eigenvalue weighted by atomic mass is 9.65. The maximum absolute atomic E-state index is 10.1. The number of fused-ring (bicyclic) bond motifs is 2. The molecule has 18 heavy (non-hydrogen) atoms. The van der Waals surface area contributed by atoms with Crippen LogP contribution in [0, 0.1) is 23.2 Å². The Morgan fingerprint density at radius 2 is 1.89 bits per heavy atom. The summed E-state index contributed by atoms with van der Waals surface area (Å²) in [6.45, 7) is 7.10. The van der Waals surface area contributed by atoms with Gasteiger partial charge in [-0.1, -0.05) is 32.9 Å². The van der Waals surface area contributed by atoms with Gasteiger partial charge in [0.05, 0.1) is 0 Å². The van der Waals surface area contributed by atoms with Crippen LogP contribution in [-0.2, 0) is 0 Å². The molecule has 1 aromatic rings. The maximum atomic E-state index is 10.1. The molecule has 2 aliphatic carbocycles. The molecule has 2 N–H and O–H groups in total. The van der Waals surface area contributed by atoms with Gasteiger partial charge in [-0.15, -0.1) is 0 Å². The Hall–Kier alpha value is -1.18. The lowest BCUT2D eigenvalue weighted by molar-refractivity contribution is 0.121. The maximum Gasteiger partial charge on any atom is 0.160 e. The van der Waals surface area contributed by atoms with Crippen LogP contribution in [0.5, 0.6) is 11.5 Å². The number of rotatable bonds is 1. The Balaban J connectivity index is 1.96. The highest BCUT2D eigenvalue weighted by atomic mass is 16.3. The third kappa shape index (κ3) is 1.41. The quantitative estimate of drug-likeness (QED) is 0.738. The lowest BCUT2D eigenvalue weighted by Gasteiger charge is -2.40. The third-order valence-corrected chi connectivity index (χ3v) is 5.93. The molecule has 2 fully saturated rings. The Labute approximate surface area is 109 Å². The van der Waals surface area contributed by atoms with Gasteiger partial charge in [-0.25, -0.2) is 0 Å². The Bertz CT molecular complexity index is 474. The standard InChI is InChI=1S/C16H22O2/c1-9-12-7-10(16(9,2)3)8-13(12)11-5-4-6-14(17)15(11)18/h4-6,9-10,12-13,17-18H,7-8H2,1-3H3. The van der Waals surface area contributed by atoms with Crippen molar-refractivity contribution in [1.29, 1.82) is 0 Å². The second-order valence-electron chi connectivity index (χ2n) is 6.76. The van der Waals surface area contributed by atoms with Gasteiger partial charge in [0.1, 0.15) is 0 Å². The first-order valence-corrected chi connectivity index (χ1v) is 6.93. The van der Waals surface area contributed by atoms with Crippen LogP contribution in [-0.4, -0.2) is 10.2 Å². The van der Waals surface area contributed by atoms with Gasteiger partial charge in [-0.3, -0.25) is 0 Å². The van der Waals surface area contributed by atoms with Gasteiger partial charge >= 0.3 is 0 Å². The minimum absolute atomic E-state index is 0.0159. The molecule has 0 aliphatic heterocycles. The Morgan fingerprint density at radius 3 is 2.50 bits per heavy atom.